The SMILES string of the molecule is O=C(CN1C[C@@H]2COCCN2c2nc(-c3cc(CO)ccc3F)ncc21)NCC1CCOCC1. The molecule has 34 heavy (non-hydrogen) atoms. The van der Waals surface area contributed by atoms with Crippen LogP contribution in [0.15, 0.2) is 24.4 Å². The zero-order chi connectivity index (χ0) is 23.5. The highest BCUT2D eigenvalue weighted by Crippen LogP contribution is 2.36. The number of fused-ring (bicyclic) bond motifs is 3. The quantitative estimate of drug-likeness (QED) is 0.651. The van der Waals surface area contributed by atoms with Crippen LogP contribution in [0.3, 0.4) is 0 Å². The van der Waals surface area contributed by atoms with Gasteiger partial charge < -0.3 is 29.7 Å². The summed E-state index contributed by atoms with van der Waals surface area (Å²) in [5.41, 5.74) is 1.58. The maximum absolute atomic E-state index is 14.6. The molecule has 0 saturated carbocycles. The number of hydrogen-bond donors (Lipinski definition) is 2. The Morgan fingerprint density at radius 2 is 2.09 bits per heavy atom. The number of anilines is 2. The summed E-state index contributed by atoms with van der Waals surface area (Å²) < 4.78 is 25.7. The third-order valence-electron chi connectivity index (χ3n) is 6.74. The predicted octanol–water partition coefficient (Wildman–Crippen LogP) is 1.34. The van der Waals surface area contributed by atoms with Gasteiger partial charge in [0, 0.05) is 32.8 Å². The van der Waals surface area contributed by atoms with E-state index in [4.69, 9.17) is 14.5 Å². The van der Waals surface area contributed by atoms with Crippen LogP contribution in [0.4, 0.5) is 15.9 Å². The van der Waals surface area contributed by atoms with Gasteiger partial charge in [-0.15, -0.1) is 0 Å². The second-order valence-electron chi connectivity index (χ2n) is 9.04. The second-order valence-corrected chi connectivity index (χ2v) is 9.04. The van der Waals surface area contributed by atoms with Gasteiger partial charge in [0.1, 0.15) is 5.82 Å². The van der Waals surface area contributed by atoms with Gasteiger partial charge in [-0.25, -0.2) is 14.4 Å². The molecule has 3 aliphatic rings. The zero-order valence-corrected chi connectivity index (χ0v) is 19.1. The van der Waals surface area contributed by atoms with Crippen molar-refractivity contribution in [1.29, 1.82) is 0 Å². The maximum Gasteiger partial charge on any atom is 0.239 e. The van der Waals surface area contributed by atoms with Crippen LogP contribution in [0.5, 0.6) is 0 Å². The average molecular weight is 472 g/mol. The van der Waals surface area contributed by atoms with E-state index in [1.807, 2.05) is 4.90 Å². The number of rotatable bonds is 6. The number of hydrogen-bond acceptors (Lipinski definition) is 8. The monoisotopic (exact) mass is 471 g/mol. The Bertz CT molecular complexity index is 1030. The van der Waals surface area contributed by atoms with Crippen molar-refractivity contribution in [1.82, 2.24) is 15.3 Å². The molecule has 0 spiro atoms. The minimum Gasteiger partial charge on any atom is -0.392 e. The molecule has 2 fully saturated rings. The number of nitrogens with one attached hydrogen (secondary N) is 1. The Morgan fingerprint density at radius 3 is 2.91 bits per heavy atom. The number of aromatic nitrogens is 2. The van der Waals surface area contributed by atoms with Gasteiger partial charge in [0.25, 0.3) is 0 Å². The molecule has 1 aromatic carbocycles. The van der Waals surface area contributed by atoms with Crippen molar-refractivity contribution in [2.45, 2.75) is 25.5 Å². The number of aliphatic hydroxyl groups is 1. The Hall–Kier alpha value is -2.82. The summed E-state index contributed by atoms with van der Waals surface area (Å²) >= 11 is 0. The standard InChI is InChI=1S/C24H30FN5O4/c25-20-2-1-17(14-31)9-19(20)23-27-11-21-24(28-23)30-5-8-34-15-18(30)12-29(21)13-22(32)26-10-16-3-6-33-7-4-16/h1-2,9,11,16,18,31H,3-8,10,12-15H2,(H,26,32)/t18-/m1/s1. The van der Waals surface area contributed by atoms with Gasteiger partial charge in [0.15, 0.2) is 11.6 Å². The lowest BCUT2D eigenvalue weighted by Crippen LogP contribution is -2.57. The molecule has 1 amide bonds. The van der Waals surface area contributed by atoms with Crippen LogP contribution in [0.2, 0.25) is 0 Å². The minimum absolute atomic E-state index is 0.0425. The first kappa shape index (κ1) is 22.9. The van der Waals surface area contributed by atoms with Gasteiger partial charge in [0.2, 0.25) is 5.91 Å². The second kappa shape index (κ2) is 10.2. The lowest BCUT2D eigenvalue weighted by Gasteiger charge is -2.45. The summed E-state index contributed by atoms with van der Waals surface area (Å²) in [6, 6.07) is 4.46. The molecule has 0 unspecified atom stereocenters. The van der Waals surface area contributed by atoms with Crippen LogP contribution < -0.4 is 15.1 Å². The molecular weight excluding hydrogens is 441 g/mol. The molecule has 2 saturated heterocycles. The lowest BCUT2D eigenvalue weighted by atomic mass is 10.0. The minimum atomic E-state index is -0.448. The van der Waals surface area contributed by atoms with Crippen molar-refractivity contribution in [3.63, 3.8) is 0 Å². The lowest BCUT2D eigenvalue weighted by molar-refractivity contribution is -0.120. The summed E-state index contributed by atoms with van der Waals surface area (Å²) in [5, 5.41) is 12.5. The maximum atomic E-state index is 14.6. The number of benzene rings is 1. The number of carbonyl (C=O) groups excluding carboxylic acids is 1. The number of aliphatic hydroxyl groups excluding tert-OH is 1. The Balaban J connectivity index is 1.38. The number of amides is 1. The molecule has 2 aromatic rings. The third-order valence-corrected chi connectivity index (χ3v) is 6.74. The molecule has 4 heterocycles. The molecular formula is C24H30FN5O4. The van der Waals surface area contributed by atoms with Gasteiger partial charge in [-0.2, -0.15) is 0 Å². The molecule has 9 nitrogen and oxygen atoms in total. The summed E-state index contributed by atoms with van der Waals surface area (Å²) in [7, 11) is 0. The largest absolute Gasteiger partial charge is 0.392 e. The van der Waals surface area contributed by atoms with E-state index in [1.54, 1.807) is 12.3 Å². The van der Waals surface area contributed by atoms with Crippen LogP contribution in [0.1, 0.15) is 18.4 Å². The van der Waals surface area contributed by atoms with E-state index >= 15 is 0 Å². The molecule has 0 bridgehead atoms. The third kappa shape index (κ3) is 4.84. The van der Waals surface area contributed by atoms with Gasteiger partial charge in [0.05, 0.1) is 49.9 Å². The summed E-state index contributed by atoms with van der Waals surface area (Å²) in [6.07, 6.45) is 3.60. The molecule has 5 rings (SSSR count). The normalized spacial score (nSPS) is 20.6. The van der Waals surface area contributed by atoms with E-state index in [1.165, 1.54) is 12.1 Å². The number of nitrogens with zero attached hydrogens (tertiary/aromatic N) is 4. The van der Waals surface area contributed by atoms with E-state index in [9.17, 15) is 14.3 Å². The predicted molar refractivity (Wildman–Crippen MR) is 124 cm³/mol. The van der Waals surface area contributed by atoms with Crippen LogP contribution in [-0.2, 0) is 20.9 Å². The van der Waals surface area contributed by atoms with Crippen LogP contribution >= 0.6 is 0 Å². The topological polar surface area (TPSA) is 100 Å². The van der Waals surface area contributed by atoms with Crippen LogP contribution in [-0.4, -0.2) is 79.6 Å². The van der Waals surface area contributed by atoms with Crippen molar-refractivity contribution in [2.75, 3.05) is 62.4 Å². The van der Waals surface area contributed by atoms with E-state index in [0.29, 0.717) is 50.1 Å². The van der Waals surface area contributed by atoms with Gasteiger partial charge >= 0.3 is 0 Å². The molecule has 3 aliphatic heterocycles. The van der Waals surface area contributed by atoms with Crippen molar-refractivity contribution in [3.05, 3.63) is 35.8 Å². The van der Waals surface area contributed by atoms with Crippen molar-refractivity contribution in [3.8, 4) is 11.4 Å². The Morgan fingerprint density at radius 1 is 1.24 bits per heavy atom. The molecule has 0 aliphatic carbocycles. The fourth-order valence-electron chi connectivity index (χ4n) is 4.80. The summed E-state index contributed by atoms with van der Waals surface area (Å²) in [5.74, 6) is 0.881. The number of carbonyl (C=O) groups is 1. The van der Waals surface area contributed by atoms with Crippen molar-refractivity contribution >= 4 is 17.4 Å². The zero-order valence-electron chi connectivity index (χ0n) is 19.1. The number of morpholine rings is 1. The van der Waals surface area contributed by atoms with Crippen molar-refractivity contribution < 1.29 is 23.8 Å². The fourth-order valence-corrected chi connectivity index (χ4v) is 4.80. The van der Waals surface area contributed by atoms with Gasteiger partial charge in [-0.05, 0) is 36.5 Å². The molecule has 1 aromatic heterocycles. The number of halogens is 1. The smallest absolute Gasteiger partial charge is 0.239 e. The Labute approximate surface area is 197 Å². The summed E-state index contributed by atoms with van der Waals surface area (Å²) in [6.45, 7) is 4.54. The van der Waals surface area contributed by atoms with E-state index in [-0.39, 0.29) is 36.5 Å². The average Bonchev–Trinajstić information content (AvgIpc) is 2.88. The van der Waals surface area contributed by atoms with Crippen LogP contribution in [0.25, 0.3) is 11.4 Å². The van der Waals surface area contributed by atoms with E-state index in [2.05, 4.69) is 15.2 Å². The Kier molecular flexibility index (Phi) is 6.89. The van der Waals surface area contributed by atoms with Crippen molar-refractivity contribution in [2.24, 2.45) is 5.92 Å². The highest BCUT2D eigenvalue weighted by atomic mass is 19.1. The number of ether oxygens (including phenoxy) is 2. The first-order chi connectivity index (χ1) is 16.6. The molecule has 10 heteroatoms. The molecule has 1 atom stereocenters. The van der Waals surface area contributed by atoms with Gasteiger partial charge in [-0.1, -0.05) is 6.07 Å². The fraction of sp³-hybridized carbons (Fsp3) is 0.542. The molecule has 2 N–H and O–H groups in total. The highest BCUT2D eigenvalue weighted by Gasteiger charge is 2.35. The van der Waals surface area contributed by atoms with E-state index < -0.39 is 5.82 Å². The van der Waals surface area contributed by atoms with Crippen LogP contribution in [0, 0.1) is 11.7 Å². The molecule has 0 radical (unpaired) electrons. The van der Waals surface area contributed by atoms with Gasteiger partial charge in [-0.3, -0.25) is 4.79 Å². The highest BCUT2D eigenvalue weighted by molar-refractivity contribution is 5.84. The van der Waals surface area contributed by atoms with E-state index in [0.717, 1.165) is 31.7 Å². The first-order valence-electron chi connectivity index (χ1n) is 11.8. The summed E-state index contributed by atoms with van der Waals surface area (Å²) in [4.78, 5) is 26.1. The molecule has 182 valence electrons. The first-order valence-corrected chi connectivity index (χ1v) is 11.8.